The number of rotatable bonds is 1. The lowest BCUT2D eigenvalue weighted by Gasteiger charge is -2.20. The third kappa shape index (κ3) is 1.93. The van der Waals surface area contributed by atoms with Crippen molar-refractivity contribution in [2.75, 3.05) is 14.2 Å². The van der Waals surface area contributed by atoms with Gasteiger partial charge in [0.25, 0.3) is 0 Å². The van der Waals surface area contributed by atoms with Crippen LogP contribution in [0.3, 0.4) is 0 Å². The Morgan fingerprint density at radius 1 is 1.36 bits per heavy atom. The first-order valence-corrected chi connectivity index (χ1v) is 4.03. The minimum Gasteiger partial charge on any atom is -0.464 e. The molecule has 5 heteroatoms. The maximum atomic E-state index is 11.2. The topological polar surface area (TPSA) is 55.8 Å². The SMILES string of the molecule is COC(=O)C1=CCC=CN1C(=O)OC. The molecule has 1 heterocycles. The van der Waals surface area contributed by atoms with Crippen molar-refractivity contribution >= 4 is 12.1 Å². The van der Waals surface area contributed by atoms with Gasteiger partial charge >= 0.3 is 12.1 Å². The van der Waals surface area contributed by atoms with Gasteiger partial charge in [-0.3, -0.25) is 0 Å². The van der Waals surface area contributed by atoms with E-state index in [1.165, 1.54) is 20.4 Å². The highest BCUT2D eigenvalue weighted by Gasteiger charge is 2.24. The van der Waals surface area contributed by atoms with E-state index in [2.05, 4.69) is 9.47 Å². The zero-order valence-electron chi connectivity index (χ0n) is 8.02. The van der Waals surface area contributed by atoms with E-state index in [1.54, 1.807) is 12.2 Å². The van der Waals surface area contributed by atoms with Gasteiger partial charge in [0.2, 0.25) is 0 Å². The summed E-state index contributed by atoms with van der Waals surface area (Å²) in [4.78, 5) is 23.5. The number of hydrogen-bond donors (Lipinski definition) is 0. The van der Waals surface area contributed by atoms with Crippen LogP contribution in [0, 0.1) is 0 Å². The van der Waals surface area contributed by atoms with Crippen LogP contribution in [0.15, 0.2) is 24.0 Å². The minimum atomic E-state index is -0.613. The Hall–Kier alpha value is -1.78. The van der Waals surface area contributed by atoms with Crippen molar-refractivity contribution in [3.05, 3.63) is 24.0 Å². The van der Waals surface area contributed by atoms with Crippen LogP contribution in [0.2, 0.25) is 0 Å². The van der Waals surface area contributed by atoms with Crippen molar-refractivity contribution in [1.82, 2.24) is 4.90 Å². The van der Waals surface area contributed by atoms with E-state index in [4.69, 9.17) is 0 Å². The first-order valence-electron chi connectivity index (χ1n) is 4.03. The van der Waals surface area contributed by atoms with E-state index in [-0.39, 0.29) is 5.70 Å². The fourth-order valence-corrected chi connectivity index (χ4v) is 1.07. The van der Waals surface area contributed by atoms with Crippen LogP contribution in [0.25, 0.3) is 0 Å². The monoisotopic (exact) mass is 197 g/mol. The zero-order valence-corrected chi connectivity index (χ0v) is 8.02. The maximum absolute atomic E-state index is 11.2. The Labute approximate surface area is 81.6 Å². The molecule has 1 aliphatic heterocycles. The van der Waals surface area contributed by atoms with E-state index in [9.17, 15) is 9.59 Å². The van der Waals surface area contributed by atoms with Gasteiger partial charge in [0.05, 0.1) is 14.2 Å². The van der Waals surface area contributed by atoms with Crippen molar-refractivity contribution in [3.8, 4) is 0 Å². The van der Waals surface area contributed by atoms with E-state index in [0.29, 0.717) is 6.42 Å². The molecular formula is C9H11NO4. The quantitative estimate of drug-likeness (QED) is 0.589. The predicted octanol–water partition coefficient (Wildman–Crippen LogP) is 1.03. The summed E-state index contributed by atoms with van der Waals surface area (Å²) in [6.45, 7) is 0. The highest BCUT2D eigenvalue weighted by atomic mass is 16.5. The number of esters is 1. The number of carbonyl (C=O) groups is 2. The number of nitrogens with zero attached hydrogens (tertiary/aromatic N) is 1. The molecular weight excluding hydrogens is 186 g/mol. The number of hydrogen-bond acceptors (Lipinski definition) is 4. The lowest BCUT2D eigenvalue weighted by molar-refractivity contribution is -0.137. The van der Waals surface area contributed by atoms with Crippen molar-refractivity contribution in [1.29, 1.82) is 0 Å². The first-order chi connectivity index (χ1) is 6.70. The van der Waals surface area contributed by atoms with E-state index in [0.717, 1.165) is 4.90 Å². The smallest absolute Gasteiger partial charge is 0.418 e. The van der Waals surface area contributed by atoms with Gasteiger partial charge in [0.15, 0.2) is 0 Å². The van der Waals surface area contributed by atoms with Crippen LogP contribution < -0.4 is 0 Å². The van der Waals surface area contributed by atoms with Crippen molar-refractivity contribution in [3.63, 3.8) is 0 Å². The van der Waals surface area contributed by atoms with Crippen LogP contribution in [-0.4, -0.2) is 31.2 Å². The predicted molar refractivity (Wildman–Crippen MR) is 48.1 cm³/mol. The molecule has 0 bridgehead atoms. The van der Waals surface area contributed by atoms with Crippen LogP contribution in [-0.2, 0) is 14.3 Å². The standard InChI is InChI=1S/C9H11NO4/c1-13-8(11)7-5-3-4-6-10(7)9(12)14-2/h4-6H,3H2,1-2H3. The van der Waals surface area contributed by atoms with Gasteiger partial charge in [0, 0.05) is 6.20 Å². The molecule has 0 aromatic heterocycles. The van der Waals surface area contributed by atoms with E-state index < -0.39 is 12.1 Å². The third-order valence-electron chi connectivity index (χ3n) is 1.73. The van der Waals surface area contributed by atoms with Crippen LogP contribution in [0.4, 0.5) is 4.79 Å². The minimum absolute atomic E-state index is 0.182. The molecule has 0 N–H and O–H groups in total. The second kappa shape index (κ2) is 4.45. The Kier molecular flexibility index (Phi) is 3.28. The molecule has 76 valence electrons. The summed E-state index contributed by atoms with van der Waals surface area (Å²) in [7, 11) is 2.51. The number of amides is 1. The molecule has 0 radical (unpaired) electrons. The largest absolute Gasteiger partial charge is 0.464 e. The van der Waals surface area contributed by atoms with Gasteiger partial charge in [-0.1, -0.05) is 6.08 Å². The van der Waals surface area contributed by atoms with Gasteiger partial charge in [-0.05, 0) is 12.5 Å². The molecule has 0 atom stereocenters. The van der Waals surface area contributed by atoms with E-state index in [1.807, 2.05) is 0 Å². The van der Waals surface area contributed by atoms with Gasteiger partial charge in [-0.2, -0.15) is 0 Å². The molecule has 0 aromatic carbocycles. The Balaban J connectivity index is 2.86. The van der Waals surface area contributed by atoms with Gasteiger partial charge in [-0.15, -0.1) is 0 Å². The average molecular weight is 197 g/mol. The molecule has 0 spiro atoms. The van der Waals surface area contributed by atoms with Crippen LogP contribution >= 0.6 is 0 Å². The molecule has 0 aliphatic carbocycles. The van der Waals surface area contributed by atoms with E-state index >= 15 is 0 Å². The summed E-state index contributed by atoms with van der Waals surface area (Å²) in [6.07, 6.45) is 4.81. The van der Waals surface area contributed by atoms with Gasteiger partial charge in [0.1, 0.15) is 5.70 Å². The Bertz CT molecular complexity index is 306. The summed E-state index contributed by atoms with van der Waals surface area (Å²) >= 11 is 0. The summed E-state index contributed by atoms with van der Waals surface area (Å²) in [6, 6.07) is 0. The normalized spacial score (nSPS) is 14.7. The van der Waals surface area contributed by atoms with Crippen LogP contribution in [0.1, 0.15) is 6.42 Å². The fourth-order valence-electron chi connectivity index (χ4n) is 1.07. The second-order valence-electron chi connectivity index (χ2n) is 2.54. The summed E-state index contributed by atoms with van der Waals surface area (Å²) in [5.41, 5.74) is 0.182. The van der Waals surface area contributed by atoms with Crippen molar-refractivity contribution in [2.24, 2.45) is 0 Å². The van der Waals surface area contributed by atoms with Crippen LogP contribution in [0.5, 0.6) is 0 Å². The molecule has 5 nitrogen and oxygen atoms in total. The summed E-state index contributed by atoms with van der Waals surface area (Å²) in [5.74, 6) is -0.556. The second-order valence-corrected chi connectivity index (χ2v) is 2.54. The number of methoxy groups -OCH3 is 2. The van der Waals surface area contributed by atoms with Crippen molar-refractivity contribution < 1.29 is 19.1 Å². The molecule has 0 saturated carbocycles. The summed E-state index contributed by atoms with van der Waals surface area (Å²) < 4.78 is 9.03. The van der Waals surface area contributed by atoms with Crippen molar-refractivity contribution in [2.45, 2.75) is 6.42 Å². The number of carbonyl (C=O) groups excluding carboxylic acids is 2. The lowest BCUT2D eigenvalue weighted by atomic mass is 10.2. The van der Waals surface area contributed by atoms with Gasteiger partial charge < -0.3 is 9.47 Å². The van der Waals surface area contributed by atoms with Gasteiger partial charge in [-0.25, -0.2) is 14.5 Å². The molecule has 0 aromatic rings. The summed E-state index contributed by atoms with van der Waals surface area (Å²) in [5, 5.41) is 0. The molecule has 1 amide bonds. The highest BCUT2D eigenvalue weighted by Crippen LogP contribution is 2.15. The molecule has 14 heavy (non-hydrogen) atoms. The number of ether oxygens (including phenoxy) is 2. The average Bonchev–Trinajstić information content (AvgIpc) is 2.27. The number of allylic oxidation sites excluding steroid dienone is 2. The molecule has 0 saturated heterocycles. The Morgan fingerprint density at radius 3 is 2.64 bits per heavy atom. The lowest BCUT2D eigenvalue weighted by Crippen LogP contribution is -2.30. The maximum Gasteiger partial charge on any atom is 0.418 e. The fraction of sp³-hybridized carbons (Fsp3) is 0.333. The molecule has 1 aliphatic rings. The molecule has 1 rings (SSSR count). The third-order valence-corrected chi connectivity index (χ3v) is 1.73. The zero-order chi connectivity index (χ0) is 10.6. The first kappa shape index (κ1) is 10.3. The Morgan fingerprint density at radius 2 is 2.07 bits per heavy atom. The molecule has 0 unspecified atom stereocenters. The molecule has 0 fully saturated rings. The highest BCUT2D eigenvalue weighted by molar-refractivity contribution is 5.93.